The minimum atomic E-state index is -3.67. The van der Waals surface area contributed by atoms with E-state index >= 15 is 0 Å². The molecule has 2 aromatic rings. The van der Waals surface area contributed by atoms with Crippen molar-refractivity contribution in [3.8, 4) is 0 Å². The van der Waals surface area contributed by atoms with Gasteiger partial charge in [0, 0.05) is 17.5 Å². The molecule has 1 aliphatic carbocycles. The van der Waals surface area contributed by atoms with Crippen molar-refractivity contribution in [2.75, 3.05) is 13.2 Å². The number of nitrogens with one attached hydrogen (secondary N) is 2. The highest BCUT2D eigenvalue weighted by molar-refractivity contribution is 7.89. The Morgan fingerprint density at radius 2 is 2.04 bits per heavy atom. The molecule has 7 nitrogen and oxygen atoms in total. The normalized spacial score (nSPS) is 13.9. The molecule has 3 rings (SSSR count). The predicted octanol–water partition coefficient (Wildman–Crippen LogP) is 2.01. The number of benzene rings is 1. The lowest BCUT2D eigenvalue weighted by molar-refractivity contribution is -0.124. The largest absolute Gasteiger partial charge is 0.452 e. The molecule has 0 aliphatic heterocycles. The van der Waals surface area contributed by atoms with E-state index in [1.807, 2.05) is 17.5 Å². The van der Waals surface area contributed by atoms with Crippen LogP contribution in [0.15, 0.2) is 40.6 Å². The summed E-state index contributed by atoms with van der Waals surface area (Å²) in [6.45, 7) is 1.72. The second-order valence-electron chi connectivity index (χ2n) is 6.63. The van der Waals surface area contributed by atoms with E-state index in [1.165, 1.54) is 12.1 Å². The highest BCUT2D eigenvalue weighted by atomic mass is 32.2. The van der Waals surface area contributed by atoms with Crippen LogP contribution in [0.25, 0.3) is 0 Å². The Morgan fingerprint density at radius 3 is 2.71 bits per heavy atom. The van der Waals surface area contributed by atoms with E-state index in [0.717, 1.165) is 17.7 Å². The highest BCUT2D eigenvalue weighted by Gasteiger charge is 2.28. The van der Waals surface area contributed by atoms with E-state index < -0.39 is 28.5 Å². The Balaban J connectivity index is 1.54. The van der Waals surface area contributed by atoms with Crippen molar-refractivity contribution in [1.29, 1.82) is 0 Å². The van der Waals surface area contributed by atoms with E-state index in [2.05, 4.69) is 10.0 Å². The van der Waals surface area contributed by atoms with E-state index in [-0.39, 0.29) is 16.5 Å². The average molecular weight is 423 g/mol. The van der Waals surface area contributed by atoms with Crippen LogP contribution in [-0.2, 0) is 26.0 Å². The minimum Gasteiger partial charge on any atom is -0.452 e. The maximum Gasteiger partial charge on any atom is 0.338 e. The molecule has 1 aromatic carbocycles. The van der Waals surface area contributed by atoms with Gasteiger partial charge in [-0.15, -0.1) is 11.3 Å². The van der Waals surface area contributed by atoms with Crippen molar-refractivity contribution in [3.05, 3.63) is 51.7 Å². The molecule has 1 aliphatic rings. The first-order valence-electron chi connectivity index (χ1n) is 8.94. The van der Waals surface area contributed by atoms with Crippen LogP contribution in [-0.4, -0.2) is 39.5 Å². The molecule has 0 saturated heterocycles. The van der Waals surface area contributed by atoms with Crippen molar-refractivity contribution in [2.45, 2.75) is 37.1 Å². The van der Waals surface area contributed by atoms with Crippen molar-refractivity contribution >= 4 is 33.2 Å². The second kappa shape index (κ2) is 8.85. The summed E-state index contributed by atoms with van der Waals surface area (Å²) >= 11 is 1.61. The number of rotatable bonds is 9. The van der Waals surface area contributed by atoms with Gasteiger partial charge in [0.25, 0.3) is 5.91 Å². The Hall–Kier alpha value is -2.23. The predicted molar refractivity (Wildman–Crippen MR) is 106 cm³/mol. The van der Waals surface area contributed by atoms with Crippen molar-refractivity contribution < 1.29 is 22.7 Å². The number of carbonyl (C=O) groups excluding carboxylic acids is 2. The van der Waals surface area contributed by atoms with E-state index in [9.17, 15) is 18.0 Å². The zero-order chi connectivity index (χ0) is 20.1. The highest BCUT2D eigenvalue weighted by Crippen LogP contribution is 2.23. The SMILES string of the molecule is Cc1ccc(S(=O)(=O)NC2CC2)cc1C(=O)OCC(=O)NCCc1cccs1. The fourth-order valence-corrected chi connectivity index (χ4v) is 4.56. The first-order valence-corrected chi connectivity index (χ1v) is 11.3. The van der Waals surface area contributed by atoms with Gasteiger partial charge in [-0.2, -0.15) is 0 Å². The Kier molecular flexibility index (Phi) is 6.48. The fraction of sp³-hybridized carbons (Fsp3) is 0.368. The molecule has 0 radical (unpaired) electrons. The summed E-state index contributed by atoms with van der Waals surface area (Å²) in [5, 5.41) is 4.66. The second-order valence-corrected chi connectivity index (χ2v) is 9.37. The molecule has 1 heterocycles. The van der Waals surface area contributed by atoms with Gasteiger partial charge in [0.15, 0.2) is 6.61 Å². The van der Waals surface area contributed by atoms with Crippen LogP contribution in [0.1, 0.15) is 33.6 Å². The van der Waals surface area contributed by atoms with Gasteiger partial charge in [0.1, 0.15) is 0 Å². The average Bonchev–Trinajstić information content (AvgIpc) is 3.29. The molecule has 9 heteroatoms. The zero-order valence-corrected chi connectivity index (χ0v) is 17.1. The number of ether oxygens (including phenoxy) is 1. The number of amides is 1. The van der Waals surface area contributed by atoms with Crippen LogP contribution in [0.3, 0.4) is 0 Å². The fourth-order valence-electron chi connectivity index (χ4n) is 2.52. The van der Waals surface area contributed by atoms with Crippen LogP contribution >= 0.6 is 11.3 Å². The third-order valence-corrected chi connectivity index (χ3v) is 6.70. The molecule has 1 saturated carbocycles. The molecular formula is C19H22N2O5S2. The lowest BCUT2D eigenvalue weighted by Crippen LogP contribution is -2.30. The standard InChI is InChI=1S/C19H22N2O5S2/c1-13-4-7-16(28(24,25)21-14-5-6-14)11-17(13)19(23)26-12-18(22)20-9-8-15-3-2-10-27-15/h2-4,7,10-11,14,21H,5-6,8-9,12H2,1H3,(H,20,22). The molecular weight excluding hydrogens is 400 g/mol. The Morgan fingerprint density at radius 1 is 1.25 bits per heavy atom. The van der Waals surface area contributed by atoms with E-state index in [1.54, 1.807) is 24.3 Å². The summed E-state index contributed by atoms with van der Waals surface area (Å²) in [7, 11) is -3.67. The van der Waals surface area contributed by atoms with Crippen LogP contribution in [0.5, 0.6) is 0 Å². The quantitative estimate of drug-likeness (QED) is 0.602. The van der Waals surface area contributed by atoms with Gasteiger partial charge in [-0.05, 0) is 55.3 Å². The van der Waals surface area contributed by atoms with E-state index in [4.69, 9.17) is 4.74 Å². The molecule has 150 valence electrons. The van der Waals surface area contributed by atoms with Crippen molar-refractivity contribution in [3.63, 3.8) is 0 Å². The van der Waals surface area contributed by atoms with Crippen LogP contribution < -0.4 is 10.0 Å². The number of sulfonamides is 1. The number of aryl methyl sites for hydroxylation is 1. The molecule has 0 atom stereocenters. The summed E-state index contributed by atoms with van der Waals surface area (Å²) in [5.74, 6) is -1.13. The third-order valence-electron chi connectivity index (χ3n) is 4.25. The van der Waals surface area contributed by atoms with Gasteiger partial charge in [-0.3, -0.25) is 4.79 Å². The van der Waals surface area contributed by atoms with Gasteiger partial charge in [0.2, 0.25) is 10.0 Å². The number of esters is 1. The Bertz CT molecular complexity index is 951. The smallest absolute Gasteiger partial charge is 0.338 e. The number of thiophene rings is 1. The Labute approximate surface area is 168 Å². The first kappa shape index (κ1) is 20.5. The van der Waals surface area contributed by atoms with Crippen LogP contribution in [0, 0.1) is 6.92 Å². The third kappa shape index (κ3) is 5.63. The molecule has 28 heavy (non-hydrogen) atoms. The molecule has 1 fully saturated rings. The summed E-state index contributed by atoms with van der Waals surface area (Å²) < 4.78 is 32.3. The number of hydrogen-bond acceptors (Lipinski definition) is 6. The lowest BCUT2D eigenvalue weighted by Gasteiger charge is -2.10. The number of carbonyl (C=O) groups is 2. The zero-order valence-electron chi connectivity index (χ0n) is 15.4. The molecule has 0 spiro atoms. The van der Waals surface area contributed by atoms with Crippen molar-refractivity contribution in [1.82, 2.24) is 10.0 Å². The van der Waals surface area contributed by atoms with E-state index in [0.29, 0.717) is 18.5 Å². The molecule has 1 amide bonds. The van der Waals surface area contributed by atoms with Gasteiger partial charge in [0.05, 0.1) is 10.5 Å². The van der Waals surface area contributed by atoms with Crippen LogP contribution in [0.4, 0.5) is 0 Å². The summed E-state index contributed by atoms with van der Waals surface area (Å²) in [4.78, 5) is 25.4. The molecule has 0 unspecified atom stereocenters. The molecule has 1 aromatic heterocycles. The maximum absolute atomic E-state index is 12.3. The van der Waals surface area contributed by atoms with Gasteiger partial charge in [-0.25, -0.2) is 17.9 Å². The molecule has 0 bridgehead atoms. The summed E-state index contributed by atoms with van der Waals surface area (Å²) in [5.41, 5.74) is 0.707. The maximum atomic E-state index is 12.3. The topological polar surface area (TPSA) is 102 Å². The van der Waals surface area contributed by atoms with Crippen LogP contribution in [0.2, 0.25) is 0 Å². The van der Waals surface area contributed by atoms with Gasteiger partial charge < -0.3 is 10.1 Å². The first-order chi connectivity index (χ1) is 13.3. The summed E-state index contributed by atoms with van der Waals surface area (Å²) in [6.07, 6.45) is 2.35. The van der Waals surface area contributed by atoms with Crippen molar-refractivity contribution in [2.24, 2.45) is 0 Å². The van der Waals surface area contributed by atoms with Gasteiger partial charge in [-0.1, -0.05) is 12.1 Å². The summed E-state index contributed by atoms with van der Waals surface area (Å²) in [6, 6.07) is 8.20. The molecule has 2 N–H and O–H groups in total. The minimum absolute atomic E-state index is 0.0114. The lowest BCUT2D eigenvalue weighted by atomic mass is 10.1. The van der Waals surface area contributed by atoms with Gasteiger partial charge >= 0.3 is 5.97 Å². The number of hydrogen-bond donors (Lipinski definition) is 2. The monoisotopic (exact) mass is 422 g/mol.